The molecule has 2 unspecified atom stereocenters. The number of anilines is 1. The number of likely N-dealkylation sites (tertiary alicyclic amines) is 1. The molecule has 9 nitrogen and oxygen atoms in total. The molecule has 2 aromatic heterocycles. The van der Waals surface area contributed by atoms with Crippen LogP contribution in [0.3, 0.4) is 0 Å². The van der Waals surface area contributed by atoms with Crippen molar-refractivity contribution in [2.24, 2.45) is 12.5 Å². The summed E-state index contributed by atoms with van der Waals surface area (Å²) in [5.74, 6) is -0.537. The molecule has 0 aromatic carbocycles. The van der Waals surface area contributed by atoms with Gasteiger partial charge in [0, 0.05) is 50.2 Å². The number of carbonyl (C=O) groups is 1. The van der Waals surface area contributed by atoms with Crippen LogP contribution in [0.25, 0.3) is 0 Å². The van der Waals surface area contributed by atoms with E-state index in [9.17, 15) is 18.0 Å². The van der Waals surface area contributed by atoms with Crippen molar-refractivity contribution in [3.05, 3.63) is 53.1 Å². The highest BCUT2D eigenvalue weighted by Crippen LogP contribution is 2.51. The molecule has 2 fully saturated rings. The van der Waals surface area contributed by atoms with Crippen molar-refractivity contribution in [3.8, 4) is 0 Å². The first-order chi connectivity index (χ1) is 16.4. The number of hydrazine groups is 1. The fraction of sp³-hybridized carbons (Fsp3) is 0.522. The van der Waals surface area contributed by atoms with Crippen LogP contribution in [0.1, 0.15) is 49.6 Å². The highest BCUT2D eigenvalue weighted by molar-refractivity contribution is 5.75. The summed E-state index contributed by atoms with van der Waals surface area (Å²) >= 11 is 0. The number of halogens is 3. The first kappa shape index (κ1) is 23.5. The fourth-order valence-electron chi connectivity index (χ4n) is 5.55. The molecule has 2 saturated heterocycles. The van der Waals surface area contributed by atoms with E-state index in [1.165, 1.54) is 6.20 Å². The number of hydrogen-bond acceptors (Lipinski definition) is 6. The molecule has 12 heteroatoms. The van der Waals surface area contributed by atoms with E-state index in [0.717, 1.165) is 30.3 Å². The van der Waals surface area contributed by atoms with E-state index in [1.54, 1.807) is 10.9 Å². The number of alkyl halides is 3. The lowest BCUT2D eigenvalue weighted by Crippen LogP contribution is -2.42. The highest BCUT2D eigenvalue weighted by atomic mass is 19.4. The van der Waals surface area contributed by atoms with E-state index >= 15 is 0 Å². The van der Waals surface area contributed by atoms with E-state index in [4.69, 9.17) is 5.73 Å². The second kappa shape index (κ2) is 7.87. The van der Waals surface area contributed by atoms with E-state index < -0.39 is 23.1 Å². The smallest absolute Gasteiger partial charge is 0.383 e. The lowest BCUT2D eigenvalue weighted by Gasteiger charge is -2.28. The Morgan fingerprint density at radius 1 is 1.31 bits per heavy atom. The van der Waals surface area contributed by atoms with Gasteiger partial charge in [-0.25, -0.2) is 15.2 Å². The van der Waals surface area contributed by atoms with Crippen LogP contribution in [-0.2, 0) is 18.8 Å². The van der Waals surface area contributed by atoms with Crippen LogP contribution in [0.15, 0.2) is 36.3 Å². The minimum Gasteiger partial charge on any atom is -0.383 e. The lowest BCUT2D eigenvalue weighted by molar-refractivity contribution is -0.137. The molecule has 5 rings (SSSR count). The summed E-state index contributed by atoms with van der Waals surface area (Å²) in [7, 11) is 1.83. The van der Waals surface area contributed by atoms with Gasteiger partial charge in [0.2, 0.25) is 0 Å². The third kappa shape index (κ3) is 3.89. The summed E-state index contributed by atoms with van der Waals surface area (Å²) in [6.07, 6.45) is 2.12. The molecule has 0 bridgehead atoms. The third-order valence-electron chi connectivity index (χ3n) is 7.55. The van der Waals surface area contributed by atoms with Crippen molar-refractivity contribution in [1.82, 2.24) is 35.4 Å². The molecule has 0 radical (unpaired) electrons. The van der Waals surface area contributed by atoms with Gasteiger partial charge in [0.05, 0.1) is 22.8 Å². The summed E-state index contributed by atoms with van der Waals surface area (Å²) in [6, 6.07) is 2.61. The number of rotatable bonds is 3. The van der Waals surface area contributed by atoms with Crippen LogP contribution < -0.4 is 16.5 Å². The Kier molecular flexibility index (Phi) is 5.28. The average Bonchev–Trinajstić information content (AvgIpc) is 3.54. The van der Waals surface area contributed by atoms with Crippen molar-refractivity contribution >= 4 is 11.8 Å². The van der Waals surface area contributed by atoms with Gasteiger partial charge in [0.15, 0.2) is 0 Å². The maximum atomic E-state index is 13.4. The number of fused-ring (bicyclic) bond motifs is 2. The molecule has 0 aliphatic carbocycles. The quantitative estimate of drug-likeness (QED) is 0.611. The van der Waals surface area contributed by atoms with Gasteiger partial charge in [0.25, 0.3) is 0 Å². The molecular formula is C23H29F3N8O. The van der Waals surface area contributed by atoms with Crippen LogP contribution in [-0.4, -0.2) is 50.3 Å². The average molecular weight is 491 g/mol. The number of nitrogens with two attached hydrogens (primary N) is 1. The molecule has 5 heterocycles. The van der Waals surface area contributed by atoms with Crippen molar-refractivity contribution in [1.29, 1.82) is 0 Å². The standard InChI is InChI=1S/C23H29F3N8O/c1-14(17-4-7-29-32(17)3)30-20(35)33-8-5-22(13-33)6-9-34-18(22)11-21(2,31-34)15-10-16(23(24,25)26)19(27)28-12-15/h4,7,10-12,14,31H,5-6,8-9,13H2,1-3H3,(H2,27,28)(H,30,35)/t14?,21?,22-/m1/s1. The van der Waals surface area contributed by atoms with Gasteiger partial charge in [-0.2, -0.15) is 18.3 Å². The largest absolute Gasteiger partial charge is 0.419 e. The Morgan fingerprint density at radius 3 is 2.74 bits per heavy atom. The SMILES string of the molecule is CC(NC(=O)N1CC[C@@]2(CCN3NC(C)(c4cnc(N)c(C(F)(F)F)c4)C=C32)C1)c1ccnn1C. The number of urea groups is 1. The van der Waals surface area contributed by atoms with Gasteiger partial charge in [-0.15, -0.1) is 0 Å². The summed E-state index contributed by atoms with van der Waals surface area (Å²) in [6.45, 7) is 5.60. The number of pyridine rings is 1. The van der Waals surface area contributed by atoms with Gasteiger partial charge in [-0.1, -0.05) is 0 Å². The number of carbonyl (C=O) groups excluding carboxylic acids is 1. The number of nitrogens with one attached hydrogen (secondary N) is 2. The number of aryl methyl sites for hydroxylation is 1. The summed E-state index contributed by atoms with van der Waals surface area (Å²) in [5, 5.41) is 9.21. The molecule has 35 heavy (non-hydrogen) atoms. The van der Waals surface area contributed by atoms with E-state index in [1.807, 2.05) is 42.9 Å². The molecule has 2 amide bonds. The normalized spacial score (nSPS) is 26.9. The van der Waals surface area contributed by atoms with Gasteiger partial charge in [0.1, 0.15) is 5.82 Å². The molecule has 188 valence electrons. The van der Waals surface area contributed by atoms with Crippen molar-refractivity contribution in [3.63, 3.8) is 0 Å². The van der Waals surface area contributed by atoms with Crippen LogP contribution in [0.4, 0.5) is 23.8 Å². The minimum atomic E-state index is -4.58. The van der Waals surface area contributed by atoms with Crippen molar-refractivity contribution < 1.29 is 18.0 Å². The molecule has 4 N–H and O–H groups in total. The minimum absolute atomic E-state index is 0.138. The Morgan fingerprint density at radius 2 is 2.06 bits per heavy atom. The highest BCUT2D eigenvalue weighted by Gasteiger charge is 2.53. The molecule has 3 aliphatic heterocycles. The predicted octanol–water partition coefficient (Wildman–Crippen LogP) is 2.90. The monoisotopic (exact) mass is 490 g/mol. The second-order valence-electron chi connectivity index (χ2n) is 9.90. The van der Waals surface area contributed by atoms with Gasteiger partial charge in [-0.05, 0) is 50.5 Å². The van der Waals surface area contributed by atoms with Crippen LogP contribution >= 0.6 is 0 Å². The number of nitrogens with zero attached hydrogens (tertiary/aromatic N) is 5. The number of nitrogen functional groups attached to an aromatic ring is 1. The summed E-state index contributed by atoms with van der Waals surface area (Å²) < 4.78 is 42.0. The first-order valence-electron chi connectivity index (χ1n) is 11.6. The predicted molar refractivity (Wildman–Crippen MR) is 122 cm³/mol. The summed E-state index contributed by atoms with van der Waals surface area (Å²) in [5.41, 5.74) is 9.11. The number of hydrogen-bond donors (Lipinski definition) is 3. The van der Waals surface area contributed by atoms with Crippen molar-refractivity contribution in [2.75, 3.05) is 25.4 Å². The van der Waals surface area contributed by atoms with Gasteiger partial charge in [-0.3, -0.25) is 4.68 Å². The molecule has 3 atom stereocenters. The Hall–Kier alpha value is -3.28. The van der Waals surface area contributed by atoms with E-state index in [0.29, 0.717) is 25.2 Å². The third-order valence-corrected chi connectivity index (χ3v) is 7.55. The zero-order chi connectivity index (χ0) is 25.2. The number of aromatic nitrogens is 3. The molecular weight excluding hydrogens is 461 g/mol. The lowest BCUT2D eigenvalue weighted by atomic mass is 9.81. The second-order valence-corrected chi connectivity index (χ2v) is 9.90. The zero-order valence-corrected chi connectivity index (χ0v) is 19.9. The topological polar surface area (TPSA) is 104 Å². The number of amides is 2. The Bertz CT molecular complexity index is 1190. The van der Waals surface area contributed by atoms with E-state index in [2.05, 4.69) is 20.8 Å². The maximum absolute atomic E-state index is 13.4. The maximum Gasteiger partial charge on any atom is 0.419 e. The molecule has 0 saturated carbocycles. The van der Waals surface area contributed by atoms with Crippen LogP contribution in [0, 0.1) is 5.41 Å². The van der Waals surface area contributed by atoms with Crippen LogP contribution in [0.5, 0.6) is 0 Å². The van der Waals surface area contributed by atoms with E-state index in [-0.39, 0.29) is 17.5 Å². The zero-order valence-electron chi connectivity index (χ0n) is 19.9. The molecule has 1 spiro atoms. The molecule has 3 aliphatic rings. The van der Waals surface area contributed by atoms with Gasteiger partial charge >= 0.3 is 12.2 Å². The Balaban J connectivity index is 1.35. The summed E-state index contributed by atoms with van der Waals surface area (Å²) in [4.78, 5) is 18.6. The Labute approximate surface area is 201 Å². The van der Waals surface area contributed by atoms with Crippen molar-refractivity contribution in [2.45, 2.75) is 44.4 Å². The fourth-order valence-corrected chi connectivity index (χ4v) is 5.55. The van der Waals surface area contributed by atoms with Gasteiger partial charge < -0.3 is 21.0 Å². The molecule has 2 aromatic rings. The first-order valence-corrected chi connectivity index (χ1v) is 11.6. The van der Waals surface area contributed by atoms with Crippen LogP contribution in [0.2, 0.25) is 0 Å².